The van der Waals surface area contributed by atoms with Crippen molar-refractivity contribution in [1.82, 2.24) is 9.88 Å². The molecular formula is C18H18N2O4. The quantitative estimate of drug-likeness (QED) is 0.854. The summed E-state index contributed by atoms with van der Waals surface area (Å²) in [6.07, 6.45) is 1.54. The number of ether oxygens (including phenoxy) is 1. The number of carbonyl (C=O) groups is 2. The number of hydrogen-bond donors (Lipinski definition) is 1. The van der Waals surface area contributed by atoms with Crippen LogP contribution in [0, 0.1) is 0 Å². The van der Waals surface area contributed by atoms with Crippen molar-refractivity contribution in [2.24, 2.45) is 0 Å². The average Bonchev–Trinajstić information content (AvgIpc) is 3.09. The summed E-state index contributed by atoms with van der Waals surface area (Å²) in [5.74, 6) is 0.446. The van der Waals surface area contributed by atoms with Gasteiger partial charge in [-0.15, -0.1) is 0 Å². The molecule has 6 nitrogen and oxygen atoms in total. The van der Waals surface area contributed by atoms with E-state index in [1.54, 1.807) is 24.3 Å². The highest BCUT2D eigenvalue weighted by Gasteiger charge is 2.28. The van der Waals surface area contributed by atoms with Crippen molar-refractivity contribution >= 4 is 12.4 Å². The molecule has 0 unspecified atom stereocenters. The summed E-state index contributed by atoms with van der Waals surface area (Å²) in [6.45, 7) is 0.840. The van der Waals surface area contributed by atoms with Crippen LogP contribution < -0.4 is 4.74 Å². The van der Waals surface area contributed by atoms with Crippen molar-refractivity contribution in [3.63, 3.8) is 0 Å². The normalized spacial score (nSPS) is 16.8. The number of nitrogens with zero attached hydrogens (tertiary/aromatic N) is 2. The lowest BCUT2D eigenvalue weighted by molar-refractivity contribution is 0.112. The predicted octanol–water partition coefficient (Wildman–Crippen LogP) is 3.08. The lowest BCUT2D eigenvalue weighted by Gasteiger charge is -2.21. The van der Waals surface area contributed by atoms with Crippen LogP contribution in [0.2, 0.25) is 0 Å². The van der Waals surface area contributed by atoms with Crippen molar-refractivity contribution in [2.45, 2.75) is 18.9 Å². The highest BCUT2D eigenvalue weighted by molar-refractivity contribution is 5.78. The molecule has 0 aliphatic carbocycles. The van der Waals surface area contributed by atoms with E-state index in [4.69, 9.17) is 9.84 Å². The van der Waals surface area contributed by atoms with Gasteiger partial charge in [0.25, 0.3) is 0 Å². The fraction of sp³-hybridized carbons (Fsp3) is 0.278. The third kappa shape index (κ3) is 3.53. The topological polar surface area (TPSA) is 79.7 Å². The van der Waals surface area contributed by atoms with Gasteiger partial charge >= 0.3 is 6.09 Å². The van der Waals surface area contributed by atoms with Crippen LogP contribution in [0.4, 0.5) is 4.79 Å². The molecule has 1 aromatic heterocycles. The van der Waals surface area contributed by atoms with E-state index in [1.165, 1.54) is 4.90 Å². The van der Waals surface area contributed by atoms with E-state index in [0.29, 0.717) is 23.7 Å². The molecule has 24 heavy (non-hydrogen) atoms. The number of hydrogen-bond acceptors (Lipinski definition) is 4. The Bertz CT molecular complexity index is 747. The van der Waals surface area contributed by atoms with Crippen LogP contribution in [0.5, 0.6) is 5.88 Å². The van der Waals surface area contributed by atoms with Crippen molar-refractivity contribution < 1.29 is 19.4 Å². The first-order valence-electron chi connectivity index (χ1n) is 7.82. The smallest absolute Gasteiger partial charge is 0.407 e. The van der Waals surface area contributed by atoms with Crippen molar-refractivity contribution in [1.29, 1.82) is 0 Å². The molecule has 0 saturated carbocycles. The second-order valence-electron chi connectivity index (χ2n) is 5.69. The van der Waals surface area contributed by atoms with Gasteiger partial charge in [-0.3, -0.25) is 4.79 Å². The van der Waals surface area contributed by atoms with Gasteiger partial charge in [0.05, 0.1) is 11.7 Å². The van der Waals surface area contributed by atoms with Crippen LogP contribution in [-0.4, -0.2) is 46.6 Å². The highest BCUT2D eigenvalue weighted by atomic mass is 16.5. The number of rotatable bonds is 5. The maximum absolute atomic E-state index is 11.1. The number of likely N-dealkylation sites (tertiary alicyclic amines) is 1. The number of benzene rings is 1. The highest BCUT2D eigenvalue weighted by Crippen LogP contribution is 2.22. The van der Waals surface area contributed by atoms with Crippen LogP contribution in [-0.2, 0) is 0 Å². The molecule has 0 bridgehead atoms. The molecule has 1 N–H and O–H groups in total. The van der Waals surface area contributed by atoms with E-state index >= 15 is 0 Å². The minimum atomic E-state index is -0.909. The third-order valence-electron chi connectivity index (χ3n) is 4.09. The SMILES string of the molecule is O=Cc1cccc(-c2cccc(OC[C@@H]3CCCN3C(=O)O)n2)c1. The Labute approximate surface area is 139 Å². The van der Waals surface area contributed by atoms with Gasteiger partial charge in [0.15, 0.2) is 0 Å². The number of pyridine rings is 1. The Morgan fingerprint density at radius 3 is 2.96 bits per heavy atom. The molecule has 3 rings (SSSR count). The lowest BCUT2D eigenvalue weighted by atomic mass is 10.1. The number of aldehydes is 1. The van der Waals surface area contributed by atoms with E-state index < -0.39 is 6.09 Å². The van der Waals surface area contributed by atoms with E-state index in [9.17, 15) is 9.59 Å². The summed E-state index contributed by atoms with van der Waals surface area (Å²) in [5, 5.41) is 9.15. The molecule has 0 spiro atoms. The summed E-state index contributed by atoms with van der Waals surface area (Å²) in [7, 11) is 0. The van der Waals surface area contributed by atoms with E-state index in [0.717, 1.165) is 24.7 Å². The summed E-state index contributed by atoms with van der Waals surface area (Å²) < 4.78 is 5.70. The van der Waals surface area contributed by atoms with Crippen molar-refractivity contribution in [2.75, 3.05) is 13.2 Å². The summed E-state index contributed by atoms with van der Waals surface area (Å²) in [6, 6.07) is 12.5. The summed E-state index contributed by atoms with van der Waals surface area (Å²) >= 11 is 0. The minimum Gasteiger partial charge on any atom is -0.475 e. The van der Waals surface area contributed by atoms with Gasteiger partial charge in [-0.05, 0) is 25.0 Å². The van der Waals surface area contributed by atoms with E-state index in [1.807, 2.05) is 18.2 Å². The molecule has 124 valence electrons. The van der Waals surface area contributed by atoms with Crippen LogP contribution >= 0.6 is 0 Å². The Hall–Kier alpha value is -2.89. The van der Waals surface area contributed by atoms with E-state index in [-0.39, 0.29) is 12.6 Å². The van der Waals surface area contributed by atoms with E-state index in [2.05, 4.69) is 4.98 Å². The fourth-order valence-corrected chi connectivity index (χ4v) is 2.87. The number of amides is 1. The summed E-state index contributed by atoms with van der Waals surface area (Å²) in [5.41, 5.74) is 2.12. The molecule has 1 saturated heterocycles. The molecule has 1 aromatic carbocycles. The Kier molecular flexibility index (Phi) is 4.74. The second-order valence-corrected chi connectivity index (χ2v) is 5.69. The standard InChI is InChI=1S/C18H18N2O4/c21-11-13-4-1-5-14(10-13)16-7-2-8-17(19-16)24-12-15-6-3-9-20(15)18(22)23/h1-2,4-5,7-8,10-11,15H,3,6,9,12H2,(H,22,23)/t15-/m0/s1. The van der Waals surface area contributed by atoms with Gasteiger partial charge in [-0.2, -0.15) is 0 Å². The first-order chi connectivity index (χ1) is 11.7. The van der Waals surface area contributed by atoms with Crippen LogP contribution in [0.1, 0.15) is 23.2 Å². The van der Waals surface area contributed by atoms with Crippen molar-refractivity contribution in [3.8, 4) is 17.1 Å². The first-order valence-corrected chi connectivity index (χ1v) is 7.82. The minimum absolute atomic E-state index is 0.133. The van der Waals surface area contributed by atoms with Crippen LogP contribution in [0.3, 0.4) is 0 Å². The Morgan fingerprint density at radius 2 is 2.17 bits per heavy atom. The maximum Gasteiger partial charge on any atom is 0.407 e. The molecule has 2 aromatic rings. The largest absolute Gasteiger partial charge is 0.475 e. The van der Waals surface area contributed by atoms with Gasteiger partial charge in [0, 0.05) is 23.7 Å². The number of carbonyl (C=O) groups excluding carboxylic acids is 1. The maximum atomic E-state index is 11.1. The first kappa shape index (κ1) is 16.0. The molecule has 2 heterocycles. The third-order valence-corrected chi connectivity index (χ3v) is 4.09. The lowest BCUT2D eigenvalue weighted by Crippen LogP contribution is -2.38. The Morgan fingerprint density at radius 1 is 1.33 bits per heavy atom. The van der Waals surface area contributed by atoms with Gasteiger partial charge in [0.1, 0.15) is 12.9 Å². The monoisotopic (exact) mass is 326 g/mol. The Balaban J connectivity index is 1.71. The molecule has 1 fully saturated rings. The summed E-state index contributed by atoms with van der Waals surface area (Å²) in [4.78, 5) is 27.9. The predicted molar refractivity (Wildman–Crippen MR) is 88.3 cm³/mol. The number of carboxylic acid groups (broad SMARTS) is 1. The molecule has 6 heteroatoms. The van der Waals surface area contributed by atoms with Gasteiger partial charge in [0.2, 0.25) is 5.88 Å². The second kappa shape index (κ2) is 7.12. The number of aromatic nitrogens is 1. The average molecular weight is 326 g/mol. The molecular weight excluding hydrogens is 308 g/mol. The molecule has 1 amide bonds. The van der Waals surface area contributed by atoms with Gasteiger partial charge < -0.3 is 14.7 Å². The fourth-order valence-electron chi connectivity index (χ4n) is 2.87. The molecule has 0 radical (unpaired) electrons. The molecule has 1 aliphatic rings. The molecule has 1 atom stereocenters. The van der Waals surface area contributed by atoms with Crippen LogP contribution in [0.15, 0.2) is 42.5 Å². The van der Waals surface area contributed by atoms with Gasteiger partial charge in [-0.25, -0.2) is 9.78 Å². The zero-order valence-electron chi connectivity index (χ0n) is 13.1. The zero-order valence-corrected chi connectivity index (χ0v) is 13.1. The van der Waals surface area contributed by atoms with Crippen molar-refractivity contribution in [3.05, 3.63) is 48.0 Å². The van der Waals surface area contributed by atoms with Gasteiger partial charge in [-0.1, -0.05) is 24.3 Å². The van der Waals surface area contributed by atoms with Crippen LogP contribution in [0.25, 0.3) is 11.3 Å². The molecule has 1 aliphatic heterocycles. The zero-order chi connectivity index (χ0) is 16.9.